The molecule has 0 amide bonds. The van der Waals surface area contributed by atoms with E-state index < -0.39 is 5.41 Å². The molecule has 6 heteroatoms. The summed E-state index contributed by atoms with van der Waals surface area (Å²) in [6.07, 6.45) is 1.75. The van der Waals surface area contributed by atoms with Gasteiger partial charge in [-0.2, -0.15) is 0 Å². The van der Waals surface area contributed by atoms with Gasteiger partial charge in [-0.05, 0) is 31.6 Å². The minimum Gasteiger partial charge on any atom is -0.450 e. The summed E-state index contributed by atoms with van der Waals surface area (Å²) in [6.45, 7) is 5.59. The van der Waals surface area contributed by atoms with Gasteiger partial charge in [0.1, 0.15) is 13.5 Å². The van der Waals surface area contributed by atoms with Crippen LogP contribution < -0.4 is 11.5 Å². The van der Waals surface area contributed by atoms with Crippen LogP contribution in [0.4, 0.5) is 0 Å². The normalized spacial score (nSPS) is 29.6. The molecule has 2 atom stereocenters. The van der Waals surface area contributed by atoms with Crippen LogP contribution in [0.5, 0.6) is 0 Å². The summed E-state index contributed by atoms with van der Waals surface area (Å²) in [5.74, 6) is -1.03. The van der Waals surface area contributed by atoms with E-state index in [1.807, 2.05) is 20.8 Å². The molecule has 0 bridgehead atoms. The summed E-state index contributed by atoms with van der Waals surface area (Å²) in [6, 6.07) is 0. The van der Waals surface area contributed by atoms with E-state index in [1.165, 1.54) is 0 Å². The third-order valence-electron chi connectivity index (χ3n) is 3.63. The Kier molecular flexibility index (Phi) is 4.92. The zero-order chi connectivity index (χ0) is 14.7. The third kappa shape index (κ3) is 3.91. The lowest BCUT2D eigenvalue weighted by Gasteiger charge is -2.43. The van der Waals surface area contributed by atoms with Gasteiger partial charge in [-0.1, -0.05) is 13.8 Å². The SMILES string of the molecule is CC1(C)CC(C(=O)OCN)CC(C)(C(=O)OCN)C1. The van der Waals surface area contributed by atoms with Crippen molar-refractivity contribution in [2.75, 3.05) is 13.5 Å². The molecule has 6 nitrogen and oxygen atoms in total. The summed E-state index contributed by atoms with van der Waals surface area (Å²) in [5, 5.41) is 0. The minimum atomic E-state index is -0.709. The van der Waals surface area contributed by atoms with Crippen LogP contribution >= 0.6 is 0 Å². The molecule has 0 spiro atoms. The standard InChI is InChI=1S/C13H24N2O4/c1-12(2)4-9(10(16)18-7-14)5-13(3,6-12)11(17)19-8-15/h9H,4-8,14-15H2,1-3H3. The topological polar surface area (TPSA) is 105 Å². The molecular formula is C13H24N2O4. The highest BCUT2D eigenvalue weighted by atomic mass is 16.5. The first-order valence-corrected chi connectivity index (χ1v) is 6.48. The minimum absolute atomic E-state index is 0.139. The number of carbonyl (C=O) groups is 2. The van der Waals surface area contributed by atoms with E-state index in [0.717, 1.165) is 0 Å². The number of esters is 2. The van der Waals surface area contributed by atoms with E-state index >= 15 is 0 Å². The highest BCUT2D eigenvalue weighted by Gasteiger charge is 2.49. The predicted octanol–water partition coefficient (Wildman–Crippen LogP) is 0.738. The quantitative estimate of drug-likeness (QED) is 0.577. The molecule has 1 fully saturated rings. The zero-order valence-electron chi connectivity index (χ0n) is 11.9. The average molecular weight is 272 g/mol. The number of carbonyl (C=O) groups excluding carboxylic acids is 2. The van der Waals surface area contributed by atoms with Gasteiger partial charge in [0.25, 0.3) is 0 Å². The molecule has 2 unspecified atom stereocenters. The summed E-state index contributed by atoms with van der Waals surface area (Å²) in [5.41, 5.74) is 9.63. The molecule has 1 saturated carbocycles. The average Bonchev–Trinajstić information content (AvgIpc) is 2.27. The first kappa shape index (κ1) is 15.9. The molecule has 0 aliphatic heterocycles. The lowest BCUT2D eigenvalue weighted by atomic mass is 9.60. The van der Waals surface area contributed by atoms with Crippen molar-refractivity contribution in [3.05, 3.63) is 0 Å². The highest BCUT2D eigenvalue weighted by Crippen LogP contribution is 2.49. The van der Waals surface area contributed by atoms with Crippen LogP contribution in [0.3, 0.4) is 0 Å². The van der Waals surface area contributed by atoms with Crippen molar-refractivity contribution in [3.8, 4) is 0 Å². The highest BCUT2D eigenvalue weighted by molar-refractivity contribution is 5.79. The van der Waals surface area contributed by atoms with Crippen LogP contribution in [0, 0.1) is 16.7 Å². The number of rotatable bonds is 4. The second kappa shape index (κ2) is 5.88. The summed E-state index contributed by atoms with van der Waals surface area (Å²) < 4.78 is 9.80. The lowest BCUT2D eigenvalue weighted by molar-refractivity contribution is -0.165. The van der Waals surface area contributed by atoms with Crippen molar-refractivity contribution in [3.63, 3.8) is 0 Å². The summed E-state index contributed by atoms with van der Waals surface area (Å²) in [7, 11) is 0. The van der Waals surface area contributed by atoms with Gasteiger partial charge < -0.3 is 9.47 Å². The van der Waals surface area contributed by atoms with E-state index in [-0.39, 0.29) is 36.7 Å². The summed E-state index contributed by atoms with van der Waals surface area (Å²) in [4.78, 5) is 23.9. The van der Waals surface area contributed by atoms with Gasteiger partial charge in [0.15, 0.2) is 0 Å². The van der Waals surface area contributed by atoms with Crippen molar-refractivity contribution in [2.45, 2.75) is 40.0 Å². The molecule has 0 aromatic heterocycles. The molecule has 1 aliphatic rings. The molecule has 0 radical (unpaired) electrons. The van der Waals surface area contributed by atoms with Crippen LogP contribution in [0.25, 0.3) is 0 Å². The Morgan fingerprint density at radius 1 is 1.11 bits per heavy atom. The van der Waals surface area contributed by atoms with E-state index in [4.69, 9.17) is 20.9 Å². The van der Waals surface area contributed by atoms with Crippen LogP contribution in [0.2, 0.25) is 0 Å². The maximum Gasteiger partial charge on any atom is 0.313 e. The molecule has 4 N–H and O–H groups in total. The van der Waals surface area contributed by atoms with E-state index in [1.54, 1.807) is 0 Å². The third-order valence-corrected chi connectivity index (χ3v) is 3.63. The van der Waals surface area contributed by atoms with Gasteiger partial charge in [-0.3, -0.25) is 21.1 Å². The Balaban J connectivity index is 2.89. The Morgan fingerprint density at radius 2 is 1.68 bits per heavy atom. The smallest absolute Gasteiger partial charge is 0.313 e. The largest absolute Gasteiger partial charge is 0.450 e. The van der Waals surface area contributed by atoms with Crippen molar-refractivity contribution in [2.24, 2.45) is 28.2 Å². The number of hydrogen-bond acceptors (Lipinski definition) is 6. The van der Waals surface area contributed by atoms with Crippen molar-refractivity contribution >= 4 is 11.9 Å². The molecular weight excluding hydrogens is 248 g/mol. The van der Waals surface area contributed by atoms with Gasteiger partial charge in [0.2, 0.25) is 0 Å². The van der Waals surface area contributed by atoms with Gasteiger partial charge >= 0.3 is 11.9 Å². The van der Waals surface area contributed by atoms with Gasteiger partial charge in [-0.25, -0.2) is 0 Å². The fourth-order valence-corrected chi connectivity index (χ4v) is 3.26. The monoisotopic (exact) mass is 272 g/mol. The molecule has 19 heavy (non-hydrogen) atoms. The predicted molar refractivity (Wildman–Crippen MR) is 69.5 cm³/mol. The maximum absolute atomic E-state index is 12.1. The van der Waals surface area contributed by atoms with Crippen LogP contribution in [0.15, 0.2) is 0 Å². The van der Waals surface area contributed by atoms with Gasteiger partial charge in [0.05, 0.1) is 11.3 Å². The first-order valence-electron chi connectivity index (χ1n) is 6.48. The zero-order valence-corrected chi connectivity index (χ0v) is 11.9. The number of hydrogen-bond donors (Lipinski definition) is 2. The first-order chi connectivity index (χ1) is 8.74. The van der Waals surface area contributed by atoms with Crippen molar-refractivity contribution in [1.82, 2.24) is 0 Å². The Bertz CT molecular complexity index is 357. The lowest BCUT2D eigenvalue weighted by Crippen LogP contribution is -2.44. The van der Waals surface area contributed by atoms with E-state index in [0.29, 0.717) is 19.3 Å². The fourth-order valence-electron chi connectivity index (χ4n) is 3.26. The second-order valence-electron chi connectivity index (χ2n) is 6.24. The number of nitrogens with two attached hydrogens (primary N) is 2. The molecule has 1 rings (SSSR count). The Morgan fingerprint density at radius 3 is 2.21 bits per heavy atom. The summed E-state index contributed by atoms with van der Waals surface area (Å²) >= 11 is 0. The number of ether oxygens (including phenoxy) is 2. The van der Waals surface area contributed by atoms with Gasteiger partial charge in [-0.15, -0.1) is 0 Å². The van der Waals surface area contributed by atoms with Gasteiger partial charge in [0, 0.05) is 0 Å². The van der Waals surface area contributed by atoms with Crippen LogP contribution in [0.1, 0.15) is 40.0 Å². The molecule has 0 saturated heterocycles. The Labute approximate surface area is 113 Å². The molecule has 1 aliphatic carbocycles. The Hall–Kier alpha value is -1.14. The second-order valence-corrected chi connectivity index (χ2v) is 6.24. The molecule has 110 valence electrons. The van der Waals surface area contributed by atoms with E-state index in [9.17, 15) is 9.59 Å². The van der Waals surface area contributed by atoms with Crippen molar-refractivity contribution in [1.29, 1.82) is 0 Å². The van der Waals surface area contributed by atoms with E-state index in [2.05, 4.69) is 0 Å². The van der Waals surface area contributed by atoms with Crippen molar-refractivity contribution < 1.29 is 19.1 Å². The van der Waals surface area contributed by atoms with Crippen LogP contribution in [-0.4, -0.2) is 25.4 Å². The molecule has 0 aromatic carbocycles. The molecule has 0 aromatic rings. The fraction of sp³-hybridized carbons (Fsp3) is 0.846. The van der Waals surface area contributed by atoms with Crippen LogP contribution in [-0.2, 0) is 19.1 Å². The maximum atomic E-state index is 12.1. The molecule has 0 heterocycles.